The van der Waals surface area contributed by atoms with Gasteiger partial charge in [-0.05, 0) is 49.4 Å². The molecule has 108 valence electrons. The molecule has 0 saturated carbocycles. The largest absolute Gasteiger partial charge is 0.494 e. The van der Waals surface area contributed by atoms with Crippen molar-refractivity contribution in [1.29, 1.82) is 0 Å². The second-order valence-corrected chi connectivity index (χ2v) is 7.40. The molecular formula is C13H20BrNO3S. The number of ether oxygens (including phenoxy) is 1. The molecule has 0 amide bonds. The van der Waals surface area contributed by atoms with Crippen LogP contribution in [0.15, 0.2) is 22.7 Å². The highest BCUT2D eigenvalue weighted by Crippen LogP contribution is 2.22. The van der Waals surface area contributed by atoms with E-state index in [-0.39, 0.29) is 11.7 Å². The van der Waals surface area contributed by atoms with Crippen LogP contribution in [0.1, 0.15) is 25.3 Å². The highest BCUT2D eigenvalue weighted by Gasteiger charge is 2.08. The molecule has 1 unspecified atom stereocenters. The van der Waals surface area contributed by atoms with Crippen molar-refractivity contribution in [3.05, 3.63) is 28.2 Å². The molecule has 1 rings (SSSR count). The van der Waals surface area contributed by atoms with Gasteiger partial charge in [0.2, 0.25) is 10.0 Å². The van der Waals surface area contributed by atoms with E-state index in [0.717, 1.165) is 22.2 Å². The maximum atomic E-state index is 10.8. The Bertz CT molecular complexity index is 517. The first-order chi connectivity index (χ1) is 8.78. The molecule has 0 aromatic heterocycles. The predicted molar refractivity (Wildman–Crippen MR) is 80.7 cm³/mol. The van der Waals surface area contributed by atoms with Gasteiger partial charge in [-0.2, -0.15) is 0 Å². The van der Waals surface area contributed by atoms with E-state index < -0.39 is 10.0 Å². The van der Waals surface area contributed by atoms with Gasteiger partial charge in [-0.1, -0.05) is 22.9 Å². The first-order valence-corrected chi connectivity index (χ1v) is 8.68. The Morgan fingerprint density at radius 3 is 2.63 bits per heavy atom. The molecule has 0 spiro atoms. The second kappa shape index (κ2) is 7.26. The van der Waals surface area contributed by atoms with E-state index in [2.05, 4.69) is 15.9 Å². The quantitative estimate of drug-likeness (QED) is 0.822. The summed E-state index contributed by atoms with van der Waals surface area (Å²) in [5.41, 5.74) is 1.12. The highest BCUT2D eigenvalue weighted by molar-refractivity contribution is 9.10. The van der Waals surface area contributed by atoms with Gasteiger partial charge < -0.3 is 4.74 Å². The van der Waals surface area contributed by atoms with E-state index in [1.807, 2.05) is 32.0 Å². The van der Waals surface area contributed by atoms with Crippen molar-refractivity contribution >= 4 is 26.0 Å². The lowest BCUT2D eigenvalue weighted by Gasteiger charge is -2.12. The Morgan fingerprint density at radius 1 is 1.37 bits per heavy atom. The Kier molecular flexibility index (Phi) is 6.29. The summed E-state index contributed by atoms with van der Waals surface area (Å²) in [6.07, 6.45) is 1.38. The normalized spacial score (nSPS) is 13.3. The summed E-state index contributed by atoms with van der Waals surface area (Å²) in [5, 5.41) is 4.97. The van der Waals surface area contributed by atoms with Crippen LogP contribution in [0.25, 0.3) is 0 Å². The Balaban J connectivity index is 2.31. The summed E-state index contributed by atoms with van der Waals surface area (Å²) >= 11 is 3.44. The van der Waals surface area contributed by atoms with Crippen LogP contribution >= 0.6 is 15.9 Å². The molecule has 0 aliphatic carbocycles. The average molecular weight is 350 g/mol. The SMILES string of the molecule is Cc1cc(OCCC(C)CCS(N)(=O)=O)ccc1Br. The van der Waals surface area contributed by atoms with Crippen molar-refractivity contribution in [2.45, 2.75) is 26.7 Å². The van der Waals surface area contributed by atoms with E-state index in [9.17, 15) is 8.42 Å². The zero-order valence-electron chi connectivity index (χ0n) is 11.2. The molecule has 1 atom stereocenters. The van der Waals surface area contributed by atoms with Gasteiger partial charge in [-0.3, -0.25) is 0 Å². The second-order valence-electron chi connectivity index (χ2n) is 4.81. The molecule has 0 aliphatic heterocycles. The van der Waals surface area contributed by atoms with Crippen LogP contribution in [0.2, 0.25) is 0 Å². The molecule has 1 aromatic carbocycles. The average Bonchev–Trinajstić information content (AvgIpc) is 2.30. The van der Waals surface area contributed by atoms with E-state index in [1.54, 1.807) is 0 Å². The fraction of sp³-hybridized carbons (Fsp3) is 0.538. The van der Waals surface area contributed by atoms with Crippen molar-refractivity contribution < 1.29 is 13.2 Å². The predicted octanol–water partition coefficient (Wildman–Crippen LogP) is 2.84. The molecule has 0 bridgehead atoms. The minimum atomic E-state index is -3.35. The number of aryl methyl sites for hydroxylation is 1. The molecule has 6 heteroatoms. The lowest BCUT2D eigenvalue weighted by Crippen LogP contribution is -2.18. The number of nitrogens with two attached hydrogens (primary N) is 1. The van der Waals surface area contributed by atoms with Crippen LogP contribution in [-0.2, 0) is 10.0 Å². The van der Waals surface area contributed by atoms with Crippen LogP contribution < -0.4 is 9.88 Å². The molecular weight excluding hydrogens is 330 g/mol. The van der Waals surface area contributed by atoms with Crippen molar-refractivity contribution in [1.82, 2.24) is 0 Å². The fourth-order valence-electron chi connectivity index (χ4n) is 1.59. The summed E-state index contributed by atoms with van der Waals surface area (Å²) in [6.45, 7) is 4.58. The van der Waals surface area contributed by atoms with Crippen LogP contribution in [0.3, 0.4) is 0 Å². The highest BCUT2D eigenvalue weighted by atomic mass is 79.9. The van der Waals surface area contributed by atoms with Crippen LogP contribution in [-0.4, -0.2) is 20.8 Å². The number of primary sulfonamides is 1. The van der Waals surface area contributed by atoms with Gasteiger partial charge in [0.25, 0.3) is 0 Å². The summed E-state index contributed by atoms with van der Waals surface area (Å²) in [4.78, 5) is 0. The van der Waals surface area contributed by atoms with Crippen LogP contribution in [0.4, 0.5) is 0 Å². The zero-order valence-corrected chi connectivity index (χ0v) is 13.6. The molecule has 0 radical (unpaired) electrons. The van der Waals surface area contributed by atoms with Crippen molar-refractivity contribution in [2.24, 2.45) is 11.1 Å². The topological polar surface area (TPSA) is 69.4 Å². The van der Waals surface area contributed by atoms with Gasteiger partial charge in [-0.15, -0.1) is 0 Å². The summed E-state index contributed by atoms with van der Waals surface area (Å²) in [6, 6.07) is 5.83. The van der Waals surface area contributed by atoms with Gasteiger partial charge >= 0.3 is 0 Å². The summed E-state index contributed by atoms with van der Waals surface area (Å²) in [5.74, 6) is 1.14. The van der Waals surface area contributed by atoms with Gasteiger partial charge in [0.15, 0.2) is 0 Å². The number of halogens is 1. The molecule has 0 heterocycles. The van der Waals surface area contributed by atoms with Crippen molar-refractivity contribution in [3.8, 4) is 5.75 Å². The third kappa shape index (κ3) is 6.94. The Hall–Kier alpha value is -0.590. The molecule has 4 nitrogen and oxygen atoms in total. The Labute approximate surface area is 123 Å². The smallest absolute Gasteiger partial charge is 0.209 e. The monoisotopic (exact) mass is 349 g/mol. The first kappa shape index (κ1) is 16.5. The molecule has 2 N–H and O–H groups in total. The van der Waals surface area contributed by atoms with Gasteiger partial charge in [0.05, 0.1) is 12.4 Å². The third-order valence-electron chi connectivity index (χ3n) is 2.90. The first-order valence-electron chi connectivity index (χ1n) is 6.17. The maximum absolute atomic E-state index is 10.8. The summed E-state index contributed by atoms with van der Waals surface area (Å²) < 4.78 is 28.4. The van der Waals surface area contributed by atoms with Crippen LogP contribution in [0, 0.1) is 12.8 Å². The van der Waals surface area contributed by atoms with Crippen molar-refractivity contribution in [2.75, 3.05) is 12.4 Å². The minimum Gasteiger partial charge on any atom is -0.494 e. The number of rotatable bonds is 7. The van der Waals surface area contributed by atoms with E-state index in [1.165, 1.54) is 0 Å². The fourth-order valence-corrected chi connectivity index (χ4v) is 2.57. The van der Waals surface area contributed by atoms with Gasteiger partial charge in [0.1, 0.15) is 5.75 Å². The molecule has 19 heavy (non-hydrogen) atoms. The van der Waals surface area contributed by atoms with E-state index in [0.29, 0.717) is 13.0 Å². The molecule has 1 aromatic rings. The number of sulfonamides is 1. The zero-order chi connectivity index (χ0) is 14.5. The standard InChI is InChI=1S/C13H20BrNO3S/c1-10(6-8-19(15,16)17)5-7-18-12-3-4-13(14)11(2)9-12/h3-4,9-10H,5-8H2,1-2H3,(H2,15,16,17). The Morgan fingerprint density at radius 2 is 2.05 bits per heavy atom. The summed E-state index contributed by atoms with van der Waals surface area (Å²) in [7, 11) is -3.35. The number of benzene rings is 1. The molecule has 0 saturated heterocycles. The van der Waals surface area contributed by atoms with Crippen molar-refractivity contribution in [3.63, 3.8) is 0 Å². The van der Waals surface area contributed by atoms with Gasteiger partial charge in [-0.25, -0.2) is 13.6 Å². The lowest BCUT2D eigenvalue weighted by molar-refractivity contribution is 0.281. The maximum Gasteiger partial charge on any atom is 0.209 e. The van der Waals surface area contributed by atoms with E-state index in [4.69, 9.17) is 9.88 Å². The number of hydrogen-bond acceptors (Lipinski definition) is 3. The molecule has 0 fully saturated rings. The third-order valence-corrected chi connectivity index (χ3v) is 4.60. The van der Waals surface area contributed by atoms with Gasteiger partial charge in [0, 0.05) is 4.47 Å². The minimum absolute atomic E-state index is 0.0333. The van der Waals surface area contributed by atoms with E-state index >= 15 is 0 Å². The lowest BCUT2D eigenvalue weighted by atomic mass is 10.1. The molecule has 0 aliphatic rings. The van der Waals surface area contributed by atoms with Crippen LogP contribution in [0.5, 0.6) is 5.75 Å². The number of hydrogen-bond donors (Lipinski definition) is 1.